The van der Waals surface area contributed by atoms with Gasteiger partial charge in [0.25, 0.3) is 0 Å². The molecule has 0 radical (unpaired) electrons. The molecule has 0 N–H and O–H groups in total. The molecule has 232 valence electrons. The Balaban J connectivity index is 0.000000292. The average Bonchev–Trinajstić information content (AvgIpc) is 3.69. The fraction of sp³-hybridized carbons (Fsp3) is 0.286. The van der Waals surface area contributed by atoms with E-state index in [1.54, 1.807) is 27.5 Å². The molecule has 0 nitrogen and oxygen atoms in total. The van der Waals surface area contributed by atoms with Crippen LogP contribution in [0.5, 0.6) is 0 Å². The van der Waals surface area contributed by atoms with Gasteiger partial charge in [0, 0.05) is 0 Å². The third-order valence-electron chi connectivity index (χ3n) is 8.71. The van der Waals surface area contributed by atoms with E-state index in [0.29, 0.717) is 0 Å². The molecular formula is C42H45Cl2Zr-. The Kier molecular flexibility index (Phi) is 14.4. The molecule has 0 amide bonds. The van der Waals surface area contributed by atoms with Crippen LogP contribution in [0.15, 0.2) is 97.1 Å². The number of benzene rings is 4. The molecule has 5 aromatic carbocycles. The first-order valence-electron chi connectivity index (χ1n) is 16.2. The van der Waals surface area contributed by atoms with Gasteiger partial charge in [0.15, 0.2) is 0 Å². The van der Waals surface area contributed by atoms with Crippen LogP contribution in [0.3, 0.4) is 0 Å². The molecule has 0 aromatic heterocycles. The second-order valence-electron chi connectivity index (χ2n) is 12.0. The molecule has 3 heteroatoms. The van der Waals surface area contributed by atoms with Crippen molar-refractivity contribution in [2.24, 2.45) is 0 Å². The van der Waals surface area contributed by atoms with E-state index in [9.17, 15) is 0 Å². The predicted octanol–water partition coefficient (Wildman–Crippen LogP) is 5.34. The molecule has 5 aromatic rings. The maximum absolute atomic E-state index is 2.51. The summed E-state index contributed by atoms with van der Waals surface area (Å²) in [6, 6.07) is 28.5. The maximum atomic E-state index is 2.51. The van der Waals surface area contributed by atoms with Gasteiger partial charge in [0.1, 0.15) is 0 Å². The molecule has 1 aliphatic carbocycles. The molecule has 0 bridgehead atoms. The summed E-state index contributed by atoms with van der Waals surface area (Å²) < 4.78 is 1.42. The summed E-state index contributed by atoms with van der Waals surface area (Å²) in [7, 11) is 0. The summed E-state index contributed by atoms with van der Waals surface area (Å²) in [6.07, 6.45) is 15.1. The van der Waals surface area contributed by atoms with Crippen molar-refractivity contribution in [3.63, 3.8) is 0 Å². The Hall–Kier alpha value is -2.44. The predicted molar refractivity (Wildman–Crippen MR) is 186 cm³/mol. The Labute approximate surface area is 298 Å². The number of halogens is 2. The summed E-state index contributed by atoms with van der Waals surface area (Å²) in [5.41, 5.74) is 13.4. The normalized spacial score (nSPS) is 11.9. The van der Waals surface area contributed by atoms with E-state index in [1.807, 2.05) is 0 Å². The van der Waals surface area contributed by atoms with Crippen LogP contribution in [-0.2, 0) is 43.5 Å². The summed E-state index contributed by atoms with van der Waals surface area (Å²) >= 11 is 1.46. The molecule has 0 aliphatic heterocycles. The first-order chi connectivity index (χ1) is 21.0. The van der Waals surface area contributed by atoms with E-state index >= 15 is 0 Å². The third-order valence-corrected chi connectivity index (χ3v) is 10.1. The van der Waals surface area contributed by atoms with Gasteiger partial charge >= 0.3 is 99.2 Å². The second-order valence-corrected chi connectivity index (χ2v) is 13.2. The quantitative estimate of drug-likeness (QED) is 0.181. The van der Waals surface area contributed by atoms with Crippen LogP contribution >= 0.6 is 0 Å². The Morgan fingerprint density at radius 3 is 1.84 bits per heavy atom. The minimum absolute atomic E-state index is 0. The summed E-state index contributed by atoms with van der Waals surface area (Å²) in [4.78, 5) is 0. The molecule has 0 unspecified atom stereocenters. The molecule has 6 rings (SSSR count). The van der Waals surface area contributed by atoms with Crippen LogP contribution in [0.25, 0.3) is 27.1 Å². The van der Waals surface area contributed by atoms with Gasteiger partial charge in [0.2, 0.25) is 0 Å². The van der Waals surface area contributed by atoms with Gasteiger partial charge in [0.05, 0.1) is 0 Å². The van der Waals surface area contributed by atoms with Crippen molar-refractivity contribution in [3.05, 3.63) is 142 Å². The molecular weight excluding hydrogens is 667 g/mol. The second kappa shape index (κ2) is 17.5. The fourth-order valence-corrected chi connectivity index (χ4v) is 7.74. The number of hydrogen-bond acceptors (Lipinski definition) is 0. The topological polar surface area (TPSA) is 0 Å². The monoisotopic (exact) mass is 709 g/mol. The zero-order chi connectivity index (χ0) is 30.3. The SMILES string of the molecule is CCCc1c(C)c(C2=CC=CC2)c2[cH-]c3cc(C)cc(CCC)c3c2c1CCC.[Cl-].[Cl-].[Zr+2]=[C](c1ccccc1)c1ccccc1. The van der Waals surface area contributed by atoms with Crippen LogP contribution < -0.4 is 24.8 Å². The van der Waals surface area contributed by atoms with Gasteiger partial charge in [-0.1, -0.05) is 103 Å². The van der Waals surface area contributed by atoms with E-state index in [1.165, 1.54) is 110 Å². The van der Waals surface area contributed by atoms with Gasteiger partial charge in [-0.15, -0.1) is 33.7 Å². The van der Waals surface area contributed by atoms with Crippen LogP contribution in [0, 0.1) is 13.8 Å². The van der Waals surface area contributed by atoms with E-state index in [2.05, 4.69) is 132 Å². The average molecular weight is 712 g/mol. The Morgan fingerprint density at radius 2 is 1.31 bits per heavy atom. The summed E-state index contributed by atoms with van der Waals surface area (Å²) in [5, 5.41) is 6.06. The number of fused-ring (bicyclic) bond motifs is 3. The Morgan fingerprint density at radius 1 is 0.733 bits per heavy atom. The van der Waals surface area contributed by atoms with Gasteiger partial charge in [-0.05, 0) is 39.5 Å². The molecule has 0 saturated heterocycles. The van der Waals surface area contributed by atoms with Crippen molar-refractivity contribution < 1.29 is 49.0 Å². The minimum atomic E-state index is 0. The summed E-state index contributed by atoms with van der Waals surface area (Å²) in [5.74, 6) is 0. The van der Waals surface area contributed by atoms with Crippen molar-refractivity contribution >= 4 is 30.3 Å². The third kappa shape index (κ3) is 8.11. The first kappa shape index (κ1) is 37.0. The number of hydrogen-bond donors (Lipinski definition) is 0. The van der Waals surface area contributed by atoms with Crippen LogP contribution in [0.4, 0.5) is 0 Å². The molecule has 0 heterocycles. The molecule has 0 atom stereocenters. The number of aryl methyl sites for hydroxylation is 3. The van der Waals surface area contributed by atoms with Gasteiger partial charge in [-0.3, -0.25) is 0 Å². The van der Waals surface area contributed by atoms with E-state index in [0.717, 1.165) is 6.42 Å². The standard InChI is InChI=1S/C29H35.C13H10.2ClH.Zr/c1-6-11-22-16-19(4)17-23-18-26-27(21-14-9-10-15-21)20(5)24(12-7-2)25(13-8-3)29(26)28(22)23;1-3-7-12(8-4-1)11-13-9-5-2-6-10-13;;;/h9-10,14,16-18H,6-8,11-13,15H2,1-5H3;1-10H;2*1H;/q-1;;;;+2/p-2. The van der Waals surface area contributed by atoms with Gasteiger partial charge in [-0.25, -0.2) is 0 Å². The molecule has 0 fully saturated rings. The number of allylic oxidation sites excluding steroid dienone is 4. The summed E-state index contributed by atoms with van der Waals surface area (Å²) in [6.45, 7) is 11.6. The molecule has 45 heavy (non-hydrogen) atoms. The van der Waals surface area contributed by atoms with Crippen LogP contribution in [0.1, 0.15) is 91.0 Å². The van der Waals surface area contributed by atoms with Crippen molar-refractivity contribution in [3.8, 4) is 0 Å². The zero-order valence-electron chi connectivity index (χ0n) is 27.4. The number of rotatable bonds is 9. The van der Waals surface area contributed by atoms with Crippen molar-refractivity contribution in [2.45, 2.75) is 79.6 Å². The van der Waals surface area contributed by atoms with E-state index in [4.69, 9.17) is 0 Å². The molecule has 0 spiro atoms. The Bertz CT molecular complexity index is 1750. The van der Waals surface area contributed by atoms with E-state index in [-0.39, 0.29) is 24.8 Å². The van der Waals surface area contributed by atoms with Crippen molar-refractivity contribution in [1.82, 2.24) is 0 Å². The first-order valence-corrected chi connectivity index (χ1v) is 17.4. The van der Waals surface area contributed by atoms with Crippen LogP contribution in [-0.4, -0.2) is 3.21 Å². The van der Waals surface area contributed by atoms with Crippen molar-refractivity contribution in [2.75, 3.05) is 0 Å². The molecule has 1 aliphatic rings. The fourth-order valence-electron chi connectivity index (χ4n) is 6.92. The van der Waals surface area contributed by atoms with Crippen LogP contribution in [0.2, 0.25) is 0 Å². The van der Waals surface area contributed by atoms with E-state index < -0.39 is 0 Å². The van der Waals surface area contributed by atoms with Gasteiger partial charge < -0.3 is 24.8 Å². The zero-order valence-corrected chi connectivity index (χ0v) is 31.4. The van der Waals surface area contributed by atoms with Gasteiger partial charge in [-0.2, -0.15) is 0 Å². The van der Waals surface area contributed by atoms with Crippen molar-refractivity contribution in [1.29, 1.82) is 0 Å². The molecule has 0 saturated carbocycles.